The van der Waals surface area contributed by atoms with E-state index in [1.807, 2.05) is 13.8 Å². The molecule has 0 spiro atoms. The third-order valence-electron chi connectivity index (χ3n) is 2.49. The number of hydrogen-bond donors (Lipinski definition) is 3. The van der Waals surface area contributed by atoms with Crippen LogP contribution in [-0.2, 0) is 16.4 Å². The van der Waals surface area contributed by atoms with E-state index in [-0.39, 0.29) is 11.1 Å². The van der Waals surface area contributed by atoms with Gasteiger partial charge in [0.05, 0.1) is 11.2 Å². The van der Waals surface area contributed by atoms with Gasteiger partial charge in [-0.05, 0) is 6.42 Å². The van der Waals surface area contributed by atoms with E-state index in [1.165, 1.54) is 6.20 Å². The molecule has 6 nitrogen and oxygen atoms in total. The fourth-order valence-corrected chi connectivity index (χ4v) is 2.92. The number of imidazole rings is 1. The van der Waals surface area contributed by atoms with Gasteiger partial charge in [0.2, 0.25) is 0 Å². The fraction of sp³-hybridized carbons (Fsp3) is 0.600. The Morgan fingerprint density at radius 2 is 2.28 bits per heavy atom. The minimum Gasteiger partial charge on any atom is -0.393 e. The molecular weight excluding hydrogens is 272 g/mol. The molecule has 8 heteroatoms. The average molecular weight is 290 g/mol. The van der Waals surface area contributed by atoms with Crippen LogP contribution in [0.3, 0.4) is 0 Å². The summed E-state index contributed by atoms with van der Waals surface area (Å²) in [5.74, 6) is 0.637. The van der Waals surface area contributed by atoms with Crippen molar-refractivity contribution in [2.24, 2.45) is 5.73 Å². The third-order valence-corrected chi connectivity index (χ3v) is 4.09. The number of rotatable bonds is 7. The summed E-state index contributed by atoms with van der Waals surface area (Å²) in [5, 5.41) is 0.0701. The molecule has 0 aliphatic heterocycles. The number of nitrogens with one attached hydrogen (secondary N) is 2. The highest BCUT2D eigenvalue weighted by atomic mass is 32.2. The van der Waals surface area contributed by atoms with Crippen LogP contribution in [0.25, 0.3) is 0 Å². The lowest BCUT2D eigenvalue weighted by molar-refractivity contribution is 0.543. The zero-order valence-corrected chi connectivity index (χ0v) is 12.1. The molecular formula is C10H18N4O2S2. The van der Waals surface area contributed by atoms with Crippen LogP contribution in [0, 0.1) is 0 Å². The molecule has 0 fully saturated rings. The van der Waals surface area contributed by atoms with E-state index >= 15 is 0 Å². The minimum absolute atomic E-state index is 0.0701. The number of sulfonamides is 1. The Morgan fingerprint density at radius 3 is 2.72 bits per heavy atom. The fourth-order valence-electron chi connectivity index (χ4n) is 1.45. The quantitative estimate of drug-likeness (QED) is 0.642. The molecule has 1 heterocycles. The highest BCUT2D eigenvalue weighted by Crippen LogP contribution is 2.09. The van der Waals surface area contributed by atoms with Crippen molar-refractivity contribution in [3.05, 3.63) is 12.0 Å². The number of nitrogens with two attached hydrogens (primary N) is 1. The van der Waals surface area contributed by atoms with Crippen LogP contribution >= 0.6 is 12.2 Å². The lowest BCUT2D eigenvalue weighted by atomic mass is 10.2. The van der Waals surface area contributed by atoms with E-state index in [1.54, 1.807) is 0 Å². The molecule has 0 radical (unpaired) electrons. The number of aromatic nitrogens is 2. The van der Waals surface area contributed by atoms with Crippen molar-refractivity contribution in [3.63, 3.8) is 0 Å². The van der Waals surface area contributed by atoms with Crippen LogP contribution in [0.1, 0.15) is 32.5 Å². The second-order valence-electron chi connectivity index (χ2n) is 3.94. The first-order valence-electron chi connectivity index (χ1n) is 5.73. The van der Waals surface area contributed by atoms with Gasteiger partial charge in [0.25, 0.3) is 10.0 Å². The maximum Gasteiger partial charge on any atom is 0.257 e. The maximum atomic E-state index is 12.0. The van der Waals surface area contributed by atoms with Crippen molar-refractivity contribution in [2.45, 2.75) is 44.2 Å². The summed E-state index contributed by atoms with van der Waals surface area (Å²) in [4.78, 5) is 7.02. The van der Waals surface area contributed by atoms with Gasteiger partial charge in [0.1, 0.15) is 5.82 Å². The van der Waals surface area contributed by atoms with Crippen molar-refractivity contribution in [2.75, 3.05) is 0 Å². The molecule has 1 unspecified atom stereocenters. The van der Waals surface area contributed by atoms with Gasteiger partial charge in [0, 0.05) is 18.9 Å². The molecule has 0 amide bonds. The van der Waals surface area contributed by atoms with Gasteiger partial charge in [-0.1, -0.05) is 26.1 Å². The van der Waals surface area contributed by atoms with Crippen molar-refractivity contribution >= 4 is 27.2 Å². The summed E-state index contributed by atoms with van der Waals surface area (Å²) in [6.45, 7) is 3.76. The second-order valence-corrected chi connectivity index (χ2v) is 6.15. The first-order valence-corrected chi connectivity index (χ1v) is 7.62. The Morgan fingerprint density at radius 1 is 1.61 bits per heavy atom. The van der Waals surface area contributed by atoms with E-state index < -0.39 is 10.0 Å². The molecule has 1 aromatic rings. The SMILES string of the molecule is CCc1ncc(S(=O)(=O)NC(CC)CC(N)=S)[nH]1. The predicted molar refractivity (Wildman–Crippen MR) is 73.8 cm³/mol. The summed E-state index contributed by atoms with van der Waals surface area (Å²) in [6, 6.07) is -0.291. The summed E-state index contributed by atoms with van der Waals surface area (Å²) >= 11 is 4.79. The molecule has 1 atom stereocenters. The van der Waals surface area contributed by atoms with Crippen LogP contribution < -0.4 is 10.5 Å². The minimum atomic E-state index is -3.59. The molecule has 4 N–H and O–H groups in total. The first kappa shape index (κ1) is 15.1. The van der Waals surface area contributed by atoms with Crippen LogP contribution in [-0.4, -0.2) is 29.4 Å². The number of aromatic amines is 1. The van der Waals surface area contributed by atoms with Gasteiger partial charge in [-0.25, -0.2) is 18.1 Å². The van der Waals surface area contributed by atoms with Crippen molar-refractivity contribution < 1.29 is 8.42 Å². The maximum absolute atomic E-state index is 12.0. The molecule has 18 heavy (non-hydrogen) atoms. The topological polar surface area (TPSA) is 101 Å². The number of hydrogen-bond acceptors (Lipinski definition) is 4. The van der Waals surface area contributed by atoms with Gasteiger partial charge >= 0.3 is 0 Å². The smallest absolute Gasteiger partial charge is 0.257 e. The molecule has 1 aromatic heterocycles. The largest absolute Gasteiger partial charge is 0.393 e. The Labute approximate surface area is 112 Å². The Kier molecular flexibility index (Phi) is 5.24. The second kappa shape index (κ2) is 6.26. The van der Waals surface area contributed by atoms with Crippen molar-refractivity contribution in [1.29, 1.82) is 0 Å². The van der Waals surface area contributed by atoms with Crippen molar-refractivity contribution in [1.82, 2.24) is 14.7 Å². The van der Waals surface area contributed by atoms with Crippen LogP contribution in [0.15, 0.2) is 11.2 Å². The summed E-state index contributed by atoms with van der Waals surface area (Å²) < 4.78 is 26.7. The number of H-pyrrole nitrogens is 1. The zero-order valence-electron chi connectivity index (χ0n) is 10.4. The molecule has 0 bridgehead atoms. The van der Waals surface area contributed by atoms with E-state index in [2.05, 4.69) is 14.7 Å². The number of thiocarbonyl (C=S) groups is 1. The summed E-state index contributed by atoms with van der Waals surface area (Å²) in [5.41, 5.74) is 5.43. The average Bonchev–Trinajstić information content (AvgIpc) is 2.76. The zero-order chi connectivity index (χ0) is 13.8. The monoisotopic (exact) mass is 290 g/mol. The standard InChI is InChI=1S/C10H18N4O2S2/c1-3-7(5-8(11)17)14-18(15,16)10-6-12-9(4-2)13-10/h6-7,14H,3-5H2,1-2H3,(H2,11,17)(H,12,13). The molecule has 102 valence electrons. The van der Waals surface area contributed by atoms with Crippen LogP contribution in [0.4, 0.5) is 0 Å². The Balaban J connectivity index is 2.83. The molecule has 0 aliphatic carbocycles. The van der Waals surface area contributed by atoms with Crippen molar-refractivity contribution in [3.8, 4) is 0 Å². The molecule has 1 rings (SSSR count). The van der Waals surface area contributed by atoms with Gasteiger partial charge < -0.3 is 10.7 Å². The first-order chi connectivity index (χ1) is 8.39. The highest BCUT2D eigenvalue weighted by molar-refractivity contribution is 7.89. The lowest BCUT2D eigenvalue weighted by Crippen LogP contribution is -2.37. The van der Waals surface area contributed by atoms with Gasteiger partial charge in [0.15, 0.2) is 5.03 Å². The van der Waals surface area contributed by atoms with Gasteiger partial charge in [-0.2, -0.15) is 0 Å². The molecule has 0 aromatic carbocycles. The molecule has 0 saturated carbocycles. The highest BCUT2D eigenvalue weighted by Gasteiger charge is 2.21. The lowest BCUT2D eigenvalue weighted by Gasteiger charge is -2.15. The number of nitrogens with zero attached hydrogens (tertiary/aromatic N) is 1. The summed E-state index contributed by atoms with van der Waals surface area (Å²) in [6.07, 6.45) is 2.93. The third kappa shape index (κ3) is 4.04. The molecule has 0 saturated heterocycles. The predicted octanol–water partition coefficient (Wildman–Crippen LogP) is 0.705. The van der Waals surface area contributed by atoms with E-state index in [4.69, 9.17) is 18.0 Å². The van der Waals surface area contributed by atoms with E-state index in [0.29, 0.717) is 30.1 Å². The van der Waals surface area contributed by atoms with Crippen LogP contribution in [0.2, 0.25) is 0 Å². The summed E-state index contributed by atoms with van der Waals surface area (Å²) in [7, 11) is -3.59. The molecule has 0 aliphatic rings. The Bertz CT molecular complexity index is 510. The van der Waals surface area contributed by atoms with Crippen LogP contribution in [0.5, 0.6) is 0 Å². The van der Waals surface area contributed by atoms with E-state index in [9.17, 15) is 8.42 Å². The van der Waals surface area contributed by atoms with E-state index in [0.717, 1.165) is 0 Å². The number of aryl methyl sites for hydroxylation is 1. The van der Waals surface area contributed by atoms with Gasteiger partial charge in [-0.3, -0.25) is 0 Å². The normalized spacial score (nSPS) is 13.4. The Hall–Kier alpha value is -0.990. The van der Waals surface area contributed by atoms with Gasteiger partial charge in [-0.15, -0.1) is 0 Å².